The number of nitrogens with one attached hydrogen (secondary N) is 2. The van der Waals surface area contributed by atoms with Crippen molar-refractivity contribution in [2.75, 3.05) is 5.32 Å². The molecular formula is C27H21N5O3. The Bertz CT molecular complexity index is 1440. The molecule has 2 aromatic carbocycles. The molecule has 35 heavy (non-hydrogen) atoms. The lowest BCUT2D eigenvalue weighted by atomic mass is 10.1. The van der Waals surface area contributed by atoms with Gasteiger partial charge < -0.3 is 15.1 Å². The molecule has 0 atom stereocenters. The molecule has 0 saturated carbocycles. The normalized spacial score (nSPS) is 10.6. The molecule has 0 radical (unpaired) electrons. The second kappa shape index (κ2) is 9.88. The number of pyridine rings is 1. The highest BCUT2D eigenvalue weighted by Gasteiger charge is 2.19. The van der Waals surface area contributed by atoms with Gasteiger partial charge in [-0.25, -0.2) is 4.68 Å². The van der Waals surface area contributed by atoms with E-state index in [1.807, 2.05) is 48.5 Å². The predicted molar refractivity (Wildman–Crippen MR) is 131 cm³/mol. The summed E-state index contributed by atoms with van der Waals surface area (Å²) in [7, 11) is 0. The first-order valence-corrected chi connectivity index (χ1v) is 11.0. The molecule has 2 amide bonds. The molecule has 5 aromatic rings. The zero-order valence-corrected chi connectivity index (χ0v) is 18.6. The fourth-order valence-electron chi connectivity index (χ4n) is 3.56. The molecule has 3 heterocycles. The molecule has 0 unspecified atom stereocenters. The Balaban J connectivity index is 1.36. The van der Waals surface area contributed by atoms with Crippen molar-refractivity contribution in [3.63, 3.8) is 0 Å². The quantitative estimate of drug-likeness (QED) is 0.364. The van der Waals surface area contributed by atoms with Crippen molar-refractivity contribution in [3.8, 4) is 17.1 Å². The molecule has 0 fully saturated rings. The van der Waals surface area contributed by atoms with Crippen molar-refractivity contribution in [2.45, 2.75) is 6.54 Å². The van der Waals surface area contributed by atoms with Gasteiger partial charge in [-0.1, -0.05) is 30.3 Å². The number of amides is 2. The minimum atomic E-state index is -0.370. The lowest BCUT2D eigenvalue weighted by Gasteiger charge is -2.10. The van der Waals surface area contributed by atoms with E-state index in [9.17, 15) is 9.59 Å². The lowest BCUT2D eigenvalue weighted by Crippen LogP contribution is -2.23. The molecule has 0 aliphatic heterocycles. The van der Waals surface area contributed by atoms with E-state index in [0.717, 1.165) is 11.4 Å². The van der Waals surface area contributed by atoms with Crippen LogP contribution in [-0.2, 0) is 6.54 Å². The fourth-order valence-corrected chi connectivity index (χ4v) is 3.56. The molecule has 3 aromatic heterocycles. The van der Waals surface area contributed by atoms with Crippen LogP contribution in [0.5, 0.6) is 0 Å². The van der Waals surface area contributed by atoms with Crippen LogP contribution in [0.15, 0.2) is 108 Å². The van der Waals surface area contributed by atoms with E-state index >= 15 is 0 Å². The number of hydrogen-bond acceptors (Lipinski definition) is 5. The zero-order chi connectivity index (χ0) is 24.0. The summed E-state index contributed by atoms with van der Waals surface area (Å²) in [6.07, 6.45) is 3.23. The Kier molecular flexibility index (Phi) is 6.17. The number of furan rings is 1. The van der Waals surface area contributed by atoms with Crippen LogP contribution in [0.1, 0.15) is 26.5 Å². The number of aromatic nitrogens is 3. The second-order valence-corrected chi connectivity index (χ2v) is 7.68. The van der Waals surface area contributed by atoms with Crippen molar-refractivity contribution in [3.05, 3.63) is 120 Å². The molecule has 8 nitrogen and oxygen atoms in total. The number of rotatable bonds is 7. The predicted octanol–water partition coefficient (Wildman–Crippen LogP) is 4.71. The van der Waals surface area contributed by atoms with Crippen LogP contribution in [0.4, 0.5) is 5.69 Å². The summed E-state index contributed by atoms with van der Waals surface area (Å²) in [4.78, 5) is 30.1. The minimum Gasteiger partial charge on any atom is -0.463 e. The first kappa shape index (κ1) is 21.8. The number of nitrogens with zero attached hydrogens (tertiary/aromatic N) is 3. The van der Waals surface area contributed by atoms with Gasteiger partial charge in [0.05, 0.1) is 24.2 Å². The summed E-state index contributed by atoms with van der Waals surface area (Å²) in [5.41, 5.74) is 3.26. The summed E-state index contributed by atoms with van der Waals surface area (Å²) in [6, 6.07) is 26.9. The van der Waals surface area contributed by atoms with Gasteiger partial charge in [-0.3, -0.25) is 14.6 Å². The van der Waals surface area contributed by atoms with Crippen LogP contribution < -0.4 is 10.6 Å². The molecule has 172 valence electrons. The van der Waals surface area contributed by atoms with E-state index in [1.54, 1.807) is 59.6 Å². The van der Waals surface area contributed by atoms with E-state index < -0.39 is 0 Å². The van der Waals surface area contributed by atoms with Crippen molar-refractivity contribution in [1.82, 2.24) is 20.1 Å². The van der Waals surface area contributed by atoms with Gasteiger partial charge in [0.1, 0.15) is 11.4 Å². The largest absolute Gasteiger partial charge is 0.463 e. The van der Waals surface area contributed by atoms with Gasteiger partial charge in [0.25, 0.3) is 11.8 Å². The van der Waals surface area contributed by atoms with E-state index in [4.69, 9.17) is 4.42 Å². The van der Waals surface area contributed by atoms with Crippen molar-refractivity contribution in [1.29, 1.82) is 0 Å². The van der Waals surface area contributed by atoms with E-state index in [1.165, 1.54) is 0 Å². The van der Waals surface area contributed by atoms with Crippen LogP contribution in [0.2, 0.25) is 0 Å². The maximum atomic E-state index is 13.3. The Morgan fingerprint density at radius 2 is 1.71 bits per heavy atom. The zero-order valence-electron chi connectivity index (χ0n) is 18.6. The molecular weight excluding hydrogens is 442 g/mol. The third kappa shape index (κ3) is 5.01. The lowest BCUT2D eigenvalue weighted by molar-refractivity contribution is 0.0949. The van der Waals surface area contributed by atoms with Gasteiger partial charge >= 0.3 is 0 Å². The maximum Gasteiger partial charge on any atom is 0.274 e. The van der Waals surface area contributed by atoms with Gasteiger partial charge in [0, 0.05) is 23.5 Å². The number of hydrogen-bond donors (Lipinski definition) is 2. The molecule has 0 aliphatic rings. The van der Waals surface area contributed by atoms with E-state index in [-0.39, 0.29) is 11.8 Å². The highest BCUT2D eigenvalue weighted by molar-refractivity contribution is 6.05. The highest BCUT2D eigenvalue weighted by Crippen LogP contribution is 2.23. The molecule has 0 spiro atoms. The van der Waals surface area contributed by atoms with Gasteiger partial charge in [-0.05, 0) is 54.6 Å². The molecule has 5 rings (SSSR count). The summed E-state index contributed by atoms with van der Waals surface area (Å²) >= 11 is 0. The van der Waals surface area contributed by atoms with Gasteiger partial charge in [-0.15, -0.1) is 0 Å². The molecule has 8 heteroatoms. The molecule has 2 N–H and O–H groups in total. The average molecular weight is 463 g/mol. The molecule has 0 bridgehead atoms. The third-order valence-electron chi connectivity index (χ3n) is 5.26. The highest BCUT2D eigenvalue weighted by atomic mass is 16.3. The van der Waals surface area contributed by atoms with Crippen LogP contribution in [0, 0.1) is 0 Å². The Labute approximate surface area is 201 Å². The number of benzene rings is 2. The SMILES string of the molecule is O=C(NCc1ccccn1)c1cccc(NC(=O)c2cc(-c3ccco3)nn2-c2ccccc2)c1. The van der Waals surface area contributed by atoms with Gasteiger partial charge in [0.2, 0.25) is 0 Å². The summed E-state index contributed by atoms with van der Waals surface area (Å²) < 4.78 is 7.03. The van der Waals surface area contributed by atoms with Crippen molar-refractivity contribution < 1.29 is 14.0 Å². The smallest absolute Gasteiger partial charge is 0.274 e. The van der Waals surface area contributed by atoms with Crippen molar-refractivity contribution in [2.24, 2.45) is 0 Å². The number of carbonyl (C=O) groups excluding carboxylic acids is 2. The second-order valence-electron chi connectivity index (χ2n) is 7.68. The van der Waals surface area contributed by atoms with E-state index in [0.29, 0.717) is 34.9 Å². The van der Waals surface area contributed by atoms with Crippen LogP contribution in [0.3, 0.4) is 0 Å². The summed E-state index contributed by atoms with van der Waals surface area (Å²) in [5.74, 6) is -0.0771. The average Bonchev–Trinajstić information content (AvgIpc) is 3.59. The van der Waals surface area contributed by atoms with Gasteiger partial charge in [-0.2, -0.15) is 5.10 Å². The number of anilines is 1. The Morgan fingerprint density at radius 1 is 0.857 bits per heavy atom. The molecule has 0 saturated heterocycles. The maximum absolute atomic E-state index is 13.3. The standard InChI is InChI=1S/C27H21N5O3/c33-26(29-18-21-9-4-5-14-28-21)19-8-6-10-20(16-19)30-27(34)24-17-23(25-13-7-15-35-25)31-32(24)22-11-2-1-3-12-22/h1-17H,18H2,(H,29,33)(H,30,34). The van der Waals surface area contributed by atoms with Crippen LogP contribution in [0.25, 0.3) is 17.1 Å². The Hall–Kier alpha value is -4.98. The first-order valence-electron chi connectivity index (χ1n) is 11.0. The number of carbonyl (C=O) groups is 2. The van der Waals surface area contributed by atoms with Gasteiger partial charge in [0.15, 0.2) is 5.76 Å². The number of para-hydroxylation sites is 1. The monoisotopic (exact) mass is 463 g/mol. The summed E-state index contributed by atoms with van der Waals surface area (Å²) in [5, 5.41) is 10.3. The van der Waals surface area contributed by atoms with Crippen LogP contribution >= 0.6 is 0 Å². The van der Waals surface area contributed by atoms with E-state index in [2.05, 4.69) is 20.7 Å². The molecule has 0 aliphatic carbocycles. The van der Waals surface area contributed by atoms with Crippen LogP contribution in [-0.4, -0.2) is 26.6 Å². The third-order valence-corrected chi connectivity index (χ3v) is 5.26. The fraction of sp³-hybridized carbons (Fsp3) is 0.0370. The summed E-state index contributed by atoms with van der Waals surface area (Å²) in [6.45, 7) is 0.308. The first-order chi connectivity index (χ1) is 17.2. The Morgan fingerprint density at radius 3 is 2.49 bits per heavy atom. The minimum absolute atomic E-state index is 0.263. The topological polar surface area (TPSA) is 102 Å². The van der Waals surface area contributed by atoms with Crippen molar-refractivity contribution >= 4 is 17.5 Å².